The molecule has 0 spiro atoms. The van der Waals surface area contributed by atoms with Crippen molar-refractivity contribution >= 4 is 0 Å². The predicted molar refractivity (Wildman–Crippen MR) is 56.5 cm³/mol. The van der Waals surface area contributed by atoms with E-state index in [1.165, 1.54) is 5.56 Å². The summed E-state index contributed by atoms with van der Waals surface area (Å²) >= 11 is 0. The van der Waals surface area contributed by atoms with Crippen molar-refractivity contribution in [2.24, 2.45) is 0 Å². The Morgan fingerprint density at radius 2 is 2.07 bits per heavy atom. The molecule has 0 aromatic heterocycles. The van der Waals surface area contributed by atoms with Crippen LogP contribution in [0.15, 0.2) is 18.2 Å². The molecule has 0 N–H and O–H groups in total. The van der Waals surface area contributed by atoms with Crippen LogP contribution in [0.5, 0.6) is 5.75 Å². The van der Waals surface area contributed by atoms with Crippen LogP contribution in [0.3, 0.4) is 0 Å². The zero-order chi connectivity index (χ0) is 10.6. The van der Waals surface area contributed by atoms with Crippen LogP contribution < -0.4 is 4.74 Å². The van der Waals surface area contributed by atoms with Gasteiger partial charge in [0.15, 0.2) is 0 Å². The fraction of sp³-hybridized carbons (Fsp3) is 0.500. The van der Waals surface area contributed by atoms with E-state index >= 15 is 0 Å². The SMILES string of the molecule is CCc1cccc(OCF)c1C(C)C. The van der Waals surface area contributed by atoms with Gasteiger partial charge in [0.2, 0.25) is 6.86 Å². The summed E-state index contributed by atoms with van der Waals surface area (Å²) in [5.74, 6) is 1.05. The largest absolute Gasteiger partial charge is 0.463 e. The second-order valence-electron chi connectivity index (χ2n) is 3.59. The van der Waals surface area contributed by atoms with Gasteiger partial charge in [-0.15, -0.1) is 0 Å². The van der Waals surface area contributed by atoms with Gasteiger partial charge >= 0.3 is 0 Å². The van der Waals surface area contributed by atoms with Crippen LogP contribution in [0.2, 0.25) is 0 Å². The lowest BCUT2D eigenvalue weighted by Crippen LogP contribution is -2.01. The highest BCUT2D eigenvalue weighted by Crippen LogP contribution is 2.30. The van der Waals surface area contributed by atoms with Gasteiger partial charge < -0.3 is 4.74 Å². The summed E-state index contributed by atoms with van der Waals surface area (Å²) in [4.78, 5) is 0. The van der Waals surface area contributed by atoms with E-state index in [1.807, 2.05) is 12.1 Å². The van der Waals surface area contributed by atoms with Crippen molar-refractivity contribution in [2.45, 2.75) is 33.1 Å². The molecule has 0 unspecified atom stereocenters. The van der Waals surface area contributed by atoms with E-state index in [1.54, 1.807) is 0 Å². The molecule has 0 radical (unpaired) electrons. The highest BCUT2D eigenvalue weighted by Gasteiger charge is 2.11. The number of hydrogen-bond acceptors (Lipinski definition) is 1. The van der Waals surface area contributed by atoms with Gasteiger partial charge in [-0.3, -0.25) is 0 Å². The summed E-state index contributed by atoms with van der Waals surface area (Å²) in [6.45, 7) is 5.53. The van der Waals surface area contributed by atoms with E-state index in [-0.39, 0.29) is 0 Å². The second-order valence-corrected chi connectivity index (χ2v) is 3.59. The normalized spacial score (nSPS) is 10.6. The molecule has 1 nitrogen and oxygen atoms in total. The Balaban J connectivity index is 3.14. The molecule has 1 aromatic carbocycles. The first-order chi connectivity index (χ1) is 6.70. The molecule has 0 saturated carbocycles. The van der Waals surface area contributed by atoms with Crippen molar-refractivity contribution in [3.63, 3.8) is 0 Å². The number of halogens is 1. The number of alkyl halides is 1. The van der Waals surface area contributed by atoms with Crippen molar-refractivity contribution in [1.29, 1.82) is 0 Å². The van der Waals surface area contributed by atoms with Gasteiger partial charge in [0.25, 0.3) is 0 Å². The van der Waals surface area contributed by atoms with E-state index in [9.17, 15) is 4.39 Å². The first-order valence-electron chi connectivity index (χ1n) is 5.01. The quantitative estimate of drug-likeness (QED) is 0.713. The van der Waals surface area contributed by atoms with Crippen molar-refractivity contribution in [3.8, 4) is 5.75 Å². The third-order valence-electron chi connectivity index (χ3n) is 2.32. The summed E-state index contributed by atoms with van der Waals surface area (Å²) in [5.41, 5.74) is 2.37. The lowest BCUT2D eigenvalue weighted by atomic mass is 9.95. The molecule has 0 fully saturated rings. The molecule has 0 saturated heterocycles. The molecule has 0 atom stereocenters. The van der Waals surface area contributed by atoms with Crippen LogP contribution in [0.25, 0.3) is 0 Å². The Morgan fingerprint density at radius 1 is 1.36 bits per heavy atom. The highest BCUT2D eigenvalue weighted by molar-refractivity contribution is 5.42. The van der Waals surface area contributed by atoms with Crippen molar-refractivity contribution in [2.75, 3.05) is 6.86 Å². The molecule has 0 amide bonds. The van der Waals surface area contributed by atoms with E-state index in [4.69, 9.17) is 4.74 Å². The zero-order valence-electron chi connectivity index (χ0n) is 9.01. The van der Waals surface area contributed by atoms with Crippen LogP contribution in [0.1, 0.15) is 37.8 Å². The maximum Gasteiger partial charge on any atom is 0.228 e. The van der Waals surface area contributed by atoms with Crippen LogP contribution in [0.4, 0.5) is 4.39 Å². The minimum Gasteiger partial charge on any atom is -0.463 e. The lowest BCUT2D eigenvalue weighted by Gasteiger charge is -2.16. The molecule has 0 aliphatic heterocycles. The number of benzene rings is 1. The van der Waals surface area contributed by atoms with Gasteiger partial charge in [-0.25, -0.2) is 4.39 Å². The van der Waals surface area contributed by atoms with Crippen LogP contribution >= 0.6 is 0 Å². The maximum absolute atomic E-state index is 12.1. The zero-order valence-corrected chi connectivity index (χ0v) is 9.01. The molecule has 0 aliphatic carbocycles. The maximum atomic E-state index is 12.1. The van der Waals surface area contributed by atoms with Crippen molar-refractivity contribution in [3.05, 3.63) is 29.3 Å². The molecule has 14 heavy (non-hydrogen) atoms. The van der Waals surface area contributed by atoms with Gasteiger partial charge in [-0.2, -0.15) is 0 Å². The third kappa shape index (κ3) is 2.25. The molecule has 2 heteroatoms. The van der Waals surface area contributed by atoms with E-state index in [2.05, 4.69) is 26.8 Å². The van der Waals surface area contributed by atoms with Gasteiger partial charge in [-0.05, 0) is 29.5 Å². The number of hydrogen-bond donors (Lipinski definition) is 0. The summed E-state index contributed by atoms with van der Waals surface area (Å²) in [5, 5.41) is 0. The van der Waals surface area contributed by atoms with Gasteiger partial charge in [0.1, 0.15) is 5.75 Å². The molecule has 1 aromatic rings. The Labute approximate surface area is 84.9 Å². The fourth-order valence-electron chi connectivity index (χ4n) is 1.74. The fourth-order valence-corrected chi connectivity index (χ4v) is 1.74. The standard InChI is InChI=1S/C12H17FO/c1-4-10-6-5-7-11(14-8-13)12(10)9(2)3/h5-7,9H,4,8H2,1-3H3. The Morgan fingerprint density at radius 3 is 2.57 bits per heavy atom. The molecular weight excluding hydrogens is 179 g/mol. The highest BCUT2D eigenvalue weighted by atomic mass is 19.1. The molecular formula is C12H17FO. The van der Waals surface area contributed by atoms with E-state index in [0.717, 1.165) is 12.0 Å². The average Bonchev–Trinajstić information content (AvgIpc) is 2.17. The van der Waals surface area contributed by atoms with Gasteiger partial charge in [-0.1, -0.05) is 32.9 Å². The van der Waals surface area contributed by atoms with E-state index in [0.29, 0.717) is 11.7 Å². The lowest BCUT2D eigenvalue weighted by molar-refractivity contribution is 0.189. The first-order valence-corrected chi connectivity index (χ1v) is 5.01. The van der Waals surface area contributed by atoms with Crippen LogP contribution in [0, 0.1) is 0 Å². The number of aryl methyl sites for hydroxylation is 1. The summed E-state index contributed by atoms with van der Waals surface area (Å²) < 4.78 is 17.1. The topological polar surface area (TPSA) is 9.23 Å². The predicted octanol–water partition coefficient (Wildman–Crippen LogP) is 3.68. The van der Waals surface area contributed by atoms with Gasteiger partial charge in [0, 0.05) is 0 Å². The molecule has 0 heterocycles. The summed E-state index contributed by atoms with van der Waals surface area (Å²) in [6, 6.07) is 5.81. The second kappa shape index (κ2) is 4.99. The Bertz CT molecular complexity index is 294. The summed E-state index contributed by atoms with van der Waals surface area (Å²) in [6.07, 6.45) is 0.955. The first kappa shape index (κ1) is 11.0. The third-order valence-corrected chi connectivity index (χ3v) is 2.32. The van der Waals surface area contributed by atoms with Crippen molar-refractivity contribution < 1.29 is 9.13 Å². The minimum atomic E-state index is -0.757. The monoisotopic (exact) mass is 196 g/mol. The smallest absolute Gasteiger partial charge is 0.228 e. The summed E-state index contributed by atoms with van der Waals surface area (Å²) in [7, 11) is 0. The number of ether oxygens (including phenoxy) is 1. The van der Waals surface area contributed by atoms with E-state index < -0.39 is 6.86 Å². The molecule has 1 rings (SSSR count). The average molecular weight is 196 g/mol. The van der Waals surface area contributed by atoms with Crippen LogP contribution in [-0.4, -0.2) is 6.86 Å². The molecule has 0 aliphatic rings. The minimum absolute atomic E-state index is 0.368. The van der Waals surface area contributed by atoms with Crippen molar-refractivity contribution in [1.82, 2.24) is 0 Å². The molecule has 78 valence electrons. The van der Waals surface area contributed by atoms with Crippen LogP contribution in [-0.2, 0) is 6.42 Å². The number of rotatable bonds is 4. The Hall–Kier alpha value is -1.05. The van der Waals surface area contributed by atoms with Gasteiger partial charge in [0.05, 0.1) is 0 Å². The molecule has 0 bridgehead atoms. The Kier molecular flexibility index (Phi) is 3.93.